The number of nitrogens with zero attached hydrogens (tertiary/aromatic N) is 3. The van der Waals surface area contributed by atoms with Gasteiger partial charge in [-0.25, -0.2) is 0 Å². The van der Waals surface area contributed by atoms with E-state index in [2.05, 4.69) is 16.0 Å². The fourth-order valence-electron chi connectivity index (χ4n) is 2.79. The van der Waals surface area contributed by atoms with E-state index in [0.717, 1.165) is 47.7 Å². The number of aromatic nitrogens is 1. The number of benzene rings is 1. The number of H-pyrrole nitrogens is 1. The van der Waals surface area contributed by atoms with Crippen molar-refractivity contribution in [2.45, 2.75) is 12.8 Å². The zero-order valence-corrected chi connectivity index (χ0v) is 18.3. The van der Waals surface area contributed by atoms with Crippen LogP contribution in [0.25, 0.3) is 10.9 Å². The van der Waals surface area contributed by atoms with E-state index in [-0.39, 0.29) is 24.0 Å². The molecule has 0 saturated heterocycles. The predicted molar refractivity (Wildman–Crippen MR) is 115 cm³/mol. The summed E-state index contributed by atoms with van der Waals surface area (Å²) in [5.41, 5.74) is 2.22. The Balaban J connectivity index is 0.00000312. The van der Waals surface area contributed by atoms with Crippen LogP contribution in [0.3, 0.4) is 0 Å². The highest BCUT2D eigenvalue weighted by Crippen LogP contribution is 2.31. The Morgan fingerprint density at radius 2 is 1.72 bits per heavy atom. The minimum atomic E-state index is 0. The number of aryl methyl sites for hydroxylation is 1. The molecule has 0 aliphatic carbocycles. The van der Waals surface area contributed by atoms with E-state index in [1.165, 1.54) is 5.69 Å². The highest BCUT2D eigenvalue weighted by molar-refractivity contribution is 14.0. The molecule has 2 rings (SSSR count). The van der Waals surface area contributed by atoms with Crippen molar-refractivity contribution in [1.29, 1.82) is 0 Å². The molecule has 0 aliphatic rings. The van der Waals surface area contributed by atoms with E-state index in [1.54, 1.807) is 14.2 Å². The number of methoxy groups -OCH3 is 2. The highest BCUT2D eigenvalue weighted by Gasteiger charge is 2.09. The molecule has 1 N–H and O–H groups in total. The maximum atomic E-state index is 5.46. The molecular formula is C18H29IN4O2. The Hall–Kier alpha value is -1.64. The van der Waals surface area contributed by atoms with E-state index in [4.69, 9.17) is 9.47 Å². The molecular weight excluding hydrogens is 431 g/mol. The molecule has 6 nitrogen and oxygen atoms in total. The lowest BCUT2D eigenvalue weighted by atomic mass is 10.2. The topological polar surface area (TPSA) is 53.1 Å². The molecule has 0 atom stereocenters. The summed E-state index contributed by atoms with van der Waals surface area (Å²) in [7, 11) is 11.4. The maximum Gasteiger partial charge on any atom is 0.195 e. The fraction of sp³-hybridized carbons (Fsp3) is 0.500. The number of aliphatic imine (C=N–C) groups is 1. The smallest absolute Gasteiger partial charge is 0.195 e. The van der Waals surface area contributed by atoms with Crippen molar-refractivity contribution in [3.05, 3.63) is 23.9 Å². The van der Waals surface area contributed by atoms with Gasteiger partial charge in [0.2, 0.25) is 0 Å². The Morgan fingerprint density at radius 3 is 2.28 bits per heavy atom. The van der Waals surface area contributed by atoms with Gasteiger partial charge in [-0.15, -0.1) is 24.0 Å². The van der Waals surface area contributed by atoms with Crippen LogP contribution in [0.2, 0.25) is 0 Å². The summed E-state index contributed by atoms with van der Waals surface area (Å²) in [5.74, 6) is 2.60. The van der Waals surface area contributed by atoms with Crippen molar-refractivity contribution < 1.29 is 9.47 Å². The Kier molecular flexibility index (Phi) is 8.34. The van der Waals surface area contributed by atoms with Gasteiger partial charge in [0.15, 0.2) is 5.96 Å². The van der Waals surface area contributed by atoms with Gasteiger partial charge < -0.3 is 24.3 Å². The third-order valence-corrected chi connectivity index (χ3v) is 3.84. The van der Waals surface area contributed by atoms with Crippen LogP contribution in [0.4, 0.5) is 0 Å². The number of nitrogens with one attached hydrogen (secondary N) is 1. The van der Waals surface area contributed by atoms with Gasteiger partial charge in [-0.2, -0.15) is 0 Å². The Labute approximate surface area is 167 Å². The van der Waals surface area contributed by atoms with Crippen LogP contribution >= 0.6 is 24.0 Å². The quantitative estimate of drug-likeness (QED) is 0.312. The molecule has 0 unspecified atom stereocenters. The van der Waals surface area contributed by atoms with Gasteiger partial charge in [0, 0.05) is 57.9 Å². The summed E-state index contributed by atoms with van der Waals surface area (Å²) in [4.78, 5) is 12.2. The van der Waals surface area contributed by atoms with Crippen LogP contribution in [0.1, 0.15) is 12.1 Å². The fourth-order valence-corrected chi connectivity index (χ4v) is 2.79. The van der Waals surface area contributed by atoms with Gasteiger partial charge in [0.25, 0.3) is 0 Å². The number of halogens is 1. The van der Waals surface area contributed by atoms with Gasteiger partial charge in [-0.3, -0.25) is 4.99 Å². The van der Waals surface area contributed by atoms with Gasteiger partial charge >= 0.3 is 0 Å². The van der Waals surface area contributed by atoms with Crippen LogP contribution in [-0.2, 0) is 6.42 Å². The lowest BCUT2D eigenvalue weighted by molar-refractivity contribution is 0.398. The molecule has 0 radical (unpaired) electrons. The number of hydrogen-bond acceptors (Lipinski definition) is 3. The second kappa shape index (κ2) is 9.74. The molecule has 1 aromatic heterocycles. The lowest BCUT2D eigenvalue weighted by Crippen LogP contribution is -2.35. The van der Waals surface area contributed by atoms with E-state index < -0.39 is 0 Å². The summed E-state index contributed by atoms with van der Waals surface area (Å²) in [6.07, 6.45) is 1.93. The first-order chi connectivity index (χ1) is 11.5. The van der Waals surface area contributed by atoms with Gasteiger partial charge in [0.1, 0.15) is 11.5 Å². The minimum Gasteiger partial charge on any atom is -0.497 e. The summed E-state index contributed by atoms with van der Waals surface area (Å²) in [6.45, 7) is 0.793. The van der Waals surface area contributed by atoms with E-state index in [1.807, 2.05) is 50.1 Å². The molecule has 1 aromatic carbocycles. The van der Waals surface area contributed by atoms with Crippen molar-refractivity contribution in [2.24, 2.45) is 4.99 Å². The monoisotopic (exact) mass is 460 g/mol. The van der Waals surface area contributed by atoms with Crippen LogP contribution in [-0.4, -0.2) is 69.7 Å². The summed E-state index contributed by atoms with van der Waals surface area (Å²) in [6, 6.07) is 6.05. The first kappa shape index (κ1) is 21.4. The van der Waals surface area contributed by atoms with Crippen molar-refractivity contribution in [3.8, 4) is 11.5 Å². The molecule has 0 spiro atoms. The SMILES string of the molecule is COc1cc(OC)c2cc(CCCN=C(N(C)C)N(C)C)[nH]c2c1.I. The van der Waals surface area contributed by atoms with Crippen molar-refractivity contribution in [2.75, 3.05) is 49.0 Å². The molecule has 1 heterocycles. The Bertz CT molecular complexity index is 700. The molecule has 140 valence electrons. The third-order valence-electron chi connectivity index (χ3n) is 3.84. The molecule has 25 heavy (non-hydrogen) atoms. The molecule has 7 heteroatoms. The Morgan fingerprint density at radius 1 is 1.04 bits per heavy atom. The normalized spacial score (nSPS) is 10.2. The number of fused-ring (bicyclic) bond motifs is 1. The van der Waals surface area contributed by atoms with Gasteiger partial charge in [-0.1, -0.05) is 0 Å². The average Bonchev–Trinajstić information content (AvgIpc) is 2.95. The number of hydrogen-bond donors (Lipinski definition) is 1. The third kappa shape index (κ3) is 5.42. The van der Waals surface area contributed by atoms with Crippen LogP contribution in [0.5, 0.6) is 11.5 Å². The largest absolute Gasteiger partial charge is 0.497 e. The molecule has 0 bridgehead atoms. The van der Waals surface area contributed by atoms with E-state index in [0.29, 0.717) is 0 Å². The van der Waals surface area contributed by atoms with Crippen molar-refractivity contribution in [1.82, 2.24) is 14.8 Å². The average molecular weight is 460 g/mol. The summed E-state index contributed by atoms with van der Waals surface area (Å²) >= 11 is 0. The zero-order valence-electron chi connectivity index (χ0n) is 15.9. The maximum absolute atomic E-state index is 5.46. The zero-order chi connectivity index (χ0) is 17.7. The number of ether oxygens (including phenoxy) is 2. The van der Waals surface area contributed by atoms with Crippen LogP contribution < -0.4 is 9.47 Å². The van der Waals surface area contributed by atoms with Gasteiger partial charge in [-0.05, 0) is 18.9 Å². The molecule has 0 saturated carbocycles. The summed E-state index contributed by atoms with van der Waals surface area (Å²) in [5, 5.41) is 1.08. The molecule has 0 aliphatic heterocycles. The number of guanidine groups is 1. The standard InChI is InChI=1S/C18H28N4O2.HI/c1-21(2)18(22(3)4)19-9-7-8-13-10-15-16(20-13)11-14(23-5)12-17(15)24-6;/h10-12,20H,7-9H2,1-6H3;1H. The van der Waals surface area contributed by atoms with Crippen molar-refractivity contribution in [3.63, 3.8) is 0 Å². The molecule has 2 aromatic rings. The molecule has 0 amide bonds. The van der Waals surface area contributed by atoms with E-state index >= 15 is 0 Å². The minimum absolute atomic E-state index is 0. The van der Waals surface area contributed by atoms with Crippen molar-refractivity contribution >= 4 is 40.8 Å². The van der Waals surface area contributed by atoms with Gasteiger partial charge in [0.05, 0.1) is 19.7 Å². The van der Waals surface area contributed by atoms with Crippen LogP contribution in [0.15, 0.2) is 23.2 Å². The second-order valence-corrected chi connectivity index (χ2v) is 6.16. The summed E-state index contributed by atoms with van der Waals surface area (Å²) < 4.78 is 10.8. The molecule has 0 fully saturated rings. The predicted octanol–water partition coefficient (Wildman–Crippen LogP) is 3.21. The lowest BCUT2D eigenvalue weighted by Gasteiger charge is -2.22. The second-order valence-electron chi connectivity index (χ2n) is 6.16. The number of rotatable bonds is 6. The first-order valence-electron chi connectivity index (χ1n) is 8.09. The first-order valence-corrected chi connectivity index (χ1v) is 8.09. The highest BCUT2D eigenvalue weighted by atomic mass is 127. The van der Waals surface area contributed by atoms with Crippen LogP contribution in [0, 0.1) is 0 Å². The number of aromatic amines is 1. The van der Waals surface area contributed by atoms with E-state index in [9.17, 15) is 0 Å².